The van der Waals surface area contributed by atoms with Crippen molar-refractivity contribution in [3.63, 3.8) is 0 Å². The van der Waals surface area contributed by atoms with Crippen molar-refractivity contribution in [2.75, 3.05) is 19.8 Å². The normalized spacial score (nSPS) is 9.56. The van der Waals surface area contributed by atoms with Crippen LogP contribution in [-0.4, -0.2) is 30.2 Å². The van der Waals surface area contributed by atoms with Crippen LogP contribution in [-0.2, 0) is 9.53 Å². The number of aliphatic hydroxyl groups excluding tert-OH is 1. The van der Waals surface area contributed by atoms with Crippen LogP contribution >= 0.6 is 11.6 Å². The molecule has 9 heavy (non-hydrogen) atoms. The number of aliphatic hydroxyl groups is 1. The summed E-state index contributed by atoms with van der Waals surface area (Å²) in [6.07, 6.45) is 0.210. The molecule has 0 bridgehead atoms. The van der Waals surface area contributed by atoms with Gasteiger partial charge in [0.25, 0.3) is 0 Å². The van der Waals surface area contributed by atoms with Crippen molar-refractivity contribution in [3.8, 4) is 0 Å². The SMILES string of the molecule is O=C(Cl)CCOCCO. The smallest absolute Gasteiger partial charge is 0.223 e. The van der Waals surface area contributed by atoms with E-state index in [-0.39, 0.29) is 19.6 Å². The number of halogens is 1. The fraction of sp³-hybridized carbons (Fsp3) is 0.800. The van der Waals surface area contributed by atoms with Crippen molar-refractivity contribution in [3.05, 3.63) is 0 Å². The van der Waals surface area contributed by atoms with E-state index in [2.05, 4.69) is 0 Å². The van der Waals surface area contributed by atoms with Crippen molar-refractivity contribution in [2.24, 2.45) is 0 Å². The maximum atomic E-state index is 10.0. The van der Waals surface area contributed by atoms with Crippen LogP contribution in [0.25, 0.3) is 0 Å². The molecule has 0 fully saturated rings. The summed E-state index contributed by atoms with van der Waals surface area (Å²) in [5.41, 5.74) is 0. The second-order valence-electron chi connectivity index (χ2n) is 1.44. The molecular formula is C5H9ClO3. The average Bonchev–Trinajstić information content (AvgIpc) is 1.80. The zero-order valence-corrected chi connectivity index (χ0v) is 5.73. The molecule has 0 atom stereocenters. The minimum atomic E-state index is -0.409. The molecule has 0 aliphatic heterocycles. The highest BCUT2D eigenvalue weighted by Crippen LogP contribution is 1.88. The zero-order valence-electron chi connectivity index (χ0n) is 4.97. The minimum absolute atomic E-state index is 0.0174. The van der Waals surface area contributed by atoms with Gasteiger partial charge in [0, 0.05) is 6.42 Å². The molecule has 1 N–H and O–H groups in total. The Kier molecular flexibility index (Phi) is 5.93. The minimum Gasteiger partial charge on any atom is -0.394 e. The first-order chi connectivity index (χ1) is 4.27. The van der Waals surface area contributed by atoms with Crippen LogP contribution in [0.4, 0.5) is 0 Å². The number of rotatable bonds is 5. The van der Waals surface area contributed by atoms with Crippen molar-refractivity contribution >= 4 is 16.8 Å². The predicted octanol–water partition coefficient (Wildman–Crippen LogP) is 0.151. The van der Waals surface area contributed by atoms with E-state index in [0.717, 1.165) is 0 Å². The van der Waals surface area contributed by atoms with E-state index < -0.39 is 5.24 Å². The Balaban J connectivity index is 2.83. The molecular weight excluding hydrogens is 144 g/mol. The second-order valence-corrected chi connectivity index (χ2v) is 1.86. The Morgan fingerprint density at radius 3 is 2.67 bits per heavy atom. The Labute approximate surface area is 58.6 Å². The lowest BCUT2D eigenvalue weighted by Crippen LogP contribution is -2.02. The molecule has 0 aromatic rings. The van der Waals surface area contributed by atoms with E-state index >= 15 is 0 Å². The Morgan fingerprint density at radius 1 is 1.56 bits per heavy atom. The molecule has 0 saturated heterocycles. The van der Waals surface area contributed by atoms with Gasteiger partial charge in [-0.1, -0.05) is 0 Å². The summed E-state index contributed by atoms with van der Waals surface area (Å²) in [6, 6.07) is 0. The highest BCUT2D eigenvalue weighted by molar-refractivity contribution is 6.63. The summed E-state index contributed by atoms with van der Waals surface area (Å²) < 4.78 is 4.74. The largest absolute Gasteiger partial charge is 0.394 e. The van der Waals surface area contributed by atoms with Gasteiger partial charge in [-0.2, -0.15) is 0 Å². The molecule has 0 radical (unpaired) electrons. The Bertz CT molecular complexity index is 84.3. The molecule has 0 rings (SSSR count). The Morgan fingerprint density at radius 2 is 2.22 bits per heavy atom. The fourth-order valence-corrected chi connectivity index (χ4v) is 0.396. The van der Waals surface area contributed by atoms with Crippen LogP contribution in [0.1, 0.15) is 6.42 Å². The lowest BCUT2D eigenvalue weighted by molar-refractivity contribution is -0.112. The molecule has 0 amide bonds. The average molecular weight is 153 g/mol. The predicted molar refractivity (Wildman–Crippen MR) is 33.4 cm³/mol. The molecule has 0 saturated carbocycles. The molecule has 0 heterocycles. The molecule has 0 aromatic heterocycles. The van der Waals surface area contributed by atoms with E-state index in [0.29, 0.717) is 6.61 Å². The van der Waals surface area contributed by atoms with Crippen LogP contribution in [0.5, 0.6) is 0 Å². The summed E-state index contributed by atoms with van der Waals surface area (Å²) in [5, 5.41) is 7.78. The quantitative estimate of drug-likeness (QED) is 0.451. The van der Waals surface area contributed by atoms with E-state index in [1.54, 1.807) is 0 Å². The molecule has 4 heteroatoms. The highest BCUT2D eigenvalue weighted by atomic mass is 35.5. The van der Waals surface area contributed by atoms with Gasteiger partial charge in [-0.05, 0) is 11.6 Å². The summed E-state index contributed by atoms with van der Waals surface area (Å²) in [7, 11) is 0. The summed E-state index contributed by atoms with van der Waals surface area (Å²) in [4.78, 5) is 10.0. The second kappa shape index (κ2) is 6.01. The van der Waals surface area contributed by atoms with Gasteiger partial charge in [-0.25, -0.2) is 0 Å². The van der Waals surface area contributed by atoms with Gasteiger partial charge in [0.05, 0.1) is 19.8 Å². The number of hydrogen-bond acceptors (Lipinski definition) is 3. The van der Waals surface area contributed by atoms with Crippen molar-refractivity contribution in [1.29, 1.82) is 0 Å². The van der Waals surface area contributed by atoms with Crippen LogP contribution in [0.3, 0.4) is 0 Å². The van der Waals surface area contributed by atoms with Gasteiger partial charge in [-0.15, -0.1) is 0 Å². The van der Waals surface area contributed by atoms with E-state index in [4.69, 9.17) is 21.4 Å². The monoisotopic (exact) mass is 152 g/mol. The highest BCUT2D eigenvalue weighted by Gasteiger charge is 1.93. The molecule has 0 spiro atoms. The lowest BCUT2D eigenvalue weighted by Gasteiger charge is -1.96. The van der Waals surface area contributed by atoms with Crippen molar-refractivity contribution in [1.82, 2.24) is 0 Å². The van der Waals surface area contributed by atoms with Gasteiger partial charge in [0.2, 0.25) is 5.24 Å². The first-order valence-corrected chi connectivity index (χ1v) is 3.02. The molecule has 3 nitrogen and oxygen atoms in total. The standard InChI is InChI=1S/C5H9ClO3/c6-5(8)1-3-9-4-2-7/h7H,1-4H2. The van der Waals surface area contributed by atoms with Crippen molar-refractivity contribution < 1.29 is 14.6 Å². The molecule has 0 aliphatic rings. The molecule has 0 unspecified atom stereocenters. The lowest BCUT2D eigenvalue weighted by atomic mass is 10.5. The third-order valence-corrected chi connectivity index (χ3v) is 0.868. The summed E-state index contributed by atoms with van der Waals surface area (Å²) in [5.74, 6) is 0. The van der Waals surface area contributed by atoms with Gasteiger partial charge >= 0.3 is 0 Å². The van der Waals surface area contributed by atoms with Gasteiger partial charge in [0.1, 0.15) is 0 Å². The van der Waals surface area contributed by atoms with E-state index in [1.807, 2.05) is 0 Å². The van der Waals surface area contributed by atoms with E-state index in [1.165, 1.54) is 0 Å². The van der Waals surface area contributed by atoms with Gasteiger partial charge < -0.3 is 9.84 Å². The van der Waals surface area contributed by atoms with Crippen LogP contribution in [0.15, 0.2) is 0 Å². The number of carbonyl (C=O) groups excluding carboxylic acids is 1. The summed E-state index contributed by atoms with van der Waals surface area (Å²) >= 11 is 4.98. The molecule has 0 aromatic carbocycles. The first-order valence-electron chi connectivity index (χ1n) is 2.64. The van der Waals surface area contributed by atoms with Gasteiger partial charge in [-0.3, -0.25) is 4.79 Å². The van der Waals surface area contributed by atoms with Gasteiger partial charge in [0.15, 0.2) is 0 Å². The van der Waals surface area contributed by atoms with Crippen LogP contribution < -0.4 is 0 Å². The third-order valence-electron chi connectivity index (χ3n) is 0.679. The molecule has 0 aliphatic carbocycles. The number of hydrogen-bond donors (Lipinski definition) is 1. The topological polar surface area (TPSA) is 46.5 Å². The third kappa shape index (κ3) is 7.88. The molecule has 54 valence electrons. The van der Waals surface area contributed by atoms with Crippen LogP contribution in [0.2, 0.25) is 0 Å². The first kappa shape index (κ1) is 8.88. The van der Waals surface area contributed by atoms with E-state index in [9.17, 15) is 4.79 Å². The zero-order chi connectivity index (χ0) is 7.11. The number of ether oxygens (including phenoxy) is 1. The van der Waals surface area contributed by atoms with Crippen molar-refractivity contribution in [2.45, 2.75) is 6.42 Å². The Hall–Kier alpha value is -0.120. The fourth-order valence-electron chi connectivity index (χ4n) is 0.319. The van der Waals surface area contributed by atoms with Crippen LogP contribution in [0, 0.1) is 0 Å². The maximum Gasteiger partial charge on any atom is 0.223 e. The summed E-state index contributed by atoms with van der Waals surface area (Å²) in [6.45, 7) is 0.545. The number of carbonyl (C=O) groups is 1. The maximum absolute atomic E-state index is 10.0.